The van der Waals surface area contributed by atoms with Crippen LogP contribution >= 0.6 is 15.9 Å². The van der Waals surface area contributed by atoms with Crippen LogP contribution in [0, 0.1) is 0 Å². The van der Waals surface area contributed by atoms with Crippen LogP contribution in [-0.4, -0.2) is 55.2 Å². The molecule has 0 unspecified atom stereocenters. The number of imidazole rings is 1. The summed E-state index contributed by atoms with van der Waals surface area (Å²) in [4.78, 5) is 11.1. The Hall–Kier alpha value is -1.33. The van der Waals surface area contributed by atoms with Crippen molar-refractivity contribution in [3.8, 4) is 0 Å². The highest BCUT2D eigenvalue weighted by atomic mass is 79.9. The van der Waals surface area contributed by atoms with Crippen LogP contribution in [-0.2, 0) is 4.74 Å². The minimum atomic E-state index is -1.21. The Balaban J connectivity index is 2.09. The fourth-order valence-electron chi connectivity index (χ4n) is 2.24. The molecule has 108 valence electrons. The molecule has 3 heterocycles. The van der Waals surface area contributed by atoms with E-state index in [0.29, 0.717) is 15.9 Å². The molecule has 6 N–H and O–H groups in total. The van der Waals surface area contributed by atoms with Gasteiger partial charge in [-0.3, -0.25) is 0 Å². The van der Waals surface area contributed by atoms with Crippen molar-refractivity contribution in [1.82, 2.24) is 15.0 Å². The van der Waals surface area contributed by atoms with Gasteiger partial charge >= 0.3 is 0 Å². The molecular formula is C10H13BrN5O4+. The number of nitrogen functional groups attached to an aromatic ring is 1. The van der Waals surface area contributed by atoms with Crippen LogP contribution in [0.1, 0.15) is 6.23 Å². The SMILES string of the molecule is Nc1nc[n+]([C@@H]2O[C@@H](CO)[C@@H](O)[C@@H]2O)c2nc(Br)[nH]c12. The second kappa shape index (κ2) is 4.90. The number of hydrogen-bond donors (Lipinski definition) is 5. The second-order valence-electron chi connectivity index (χ2n) is 4.49. The Morgan fingerprint density at radius 3 is 2.85 bits per heavy atom. The molecule has 1 saturated heterocycles. The van der Waals surface area contributed by atoms with Crippen molar-refractivity contribution in [2.75, 3.05) is 12.3 Å². The maximum Gasteiger partial charge on any atom is 0.297 e. The molecule has 0 saturated carbocycles. The number of aliphatic hydroxyl groups excluding tert-OH is 3. The highest BCUT2D eigenvalue weighted by molar-refractivity contribution is 9.10. The van der Waals surface area contributed by atoms with E-state index in [0.717, 1.165) is 0 Å². The van der Waals surface area contributed by atoms with E-state index >= 15 is 0 Å². The topological polar surface area (TPSA) is 141 Å². The first-order chi connectivity index (χ1) is 9.52. The lowest BCUT2D eigenvalue weighted by atomic mass is 10.1. The van der Waals surface area contributed by atoms with E-state index in [4.69, 9.17) is 15.6 Å². The minimum Gasteiger partial charge on any atom is -0.394 e. The summed E-state index contributed by atoms with van der Waals surface area (Å²) in [5, 5.41) is 28.9. The summed E-state index contributed by atoms with van der Waals surface area (Å²) >= 11 is 3.20. The van der Waals surface area contributed by atoms with Crippen molar-refractivity contribution in [3.63, 3.8) is 0 Å². The third-order valence-corrected chi connectivity index (χ3v) is 3.64. The predicted octanol–water partition coefficient (Wildman–Crippen LogP) is -1.80. The van der Waals surface area contributed by atoms with Gasteiger partial charge in [-0.2, -0.15) is 0 Å². The van der Waals surface area contributed by atoms with Gasteiger partial charge in [0.15, 0.2) is 5.52 Å². The summed E-state index contributed by atoms with van der Waals surface area (Å²) in [6, 6.07) is 0. The summed E-state index contributed by atoms with van der Waals surface area (Å²) in [5.41, 5.74) is 6.64. The number of nitrogens with zero attached hydrogens (tertiary/aromatic N) is 3. The van der Waals surface area contributed by atoms with Gasteiger partial charge in [-0.05, 0) is 0 Å². The number of anilines is 1. The number of nitrogens with two attached hydrogens (primary N) is 1. The normalized spacial score (nSPS) is 30.2. The number of aromatic nitrogens is 4. The molecule has 2 aromatic rings. The first-order valence-corrected chi connectivity index (χ1v) is 6.65. The fourth-order valence-corrected chi connectivity index (χ4v) is 2.61. The van der Waals surface area contributed by atoms with Gasteiger partial charge in [-0.25, -0.2) is 4.57 Å². The molecular weight excluding hydrogens is 334 g/mol. The summed E-state index contributed by atoms with van der Waals surface area (Å²) in [6.07, 6.45) is -2.80. The Labute approximate surface area is 121 Å². The molecule has 0 amide bonds. The van der Waals surface area contributed by atoms with Crippen LogP contribution in [0.3, 0.4) is 0 Å². The van der Waals surface area contributed by atoms with E-state index in [1.54, 1.807) is 0 Å². The van der Waals surface area contributed by atoms with E-state index < -0.39 is 31.1 Å². The Bertz CT molecular complexity index is 650. The zero-order chi connectivity index (χ0) is 14.4. The molecule has 4 atom stereocenters. The van der Waals surface area contributed by atoms with E-state index in [9.17, 15) is 10.2 Å². The number of aliphatic hydroxyl groups is 3. The summed E-state index contributed by atoms with van der Waals surface area (Å²) < 4.78 is 7.35. The van der Waals surface area contributed by atoms with Crippen LogP contribution in [0.5, 0.6) is 0 Å². The lowest BCUT2D eigenvalue weighted by molar-refractivity contribution is -0.747. The van der Waals surface area contributed by atoms with Gasteiger partial charge in [0.05, 0.1) is 6.61 Å². The number of nitrogens with one attached hydrogen (secondary N) is 1. The highest BCUT2D eigenvalue weighted by Crippen LogP contribution is 2.27. The van der Waals surface area contributed by atoms with Crippen LogP contribution in [0.25, 0.3) is 11.2 Å². The molecule has 0 aromatic carbocycles. The lowest BCUT2D eigenvalue weighted by Crippen LogP contribution is -2.47. The van der Waals surface area contributed by atoms with Gasteiger partial charge in [0.2, 0.25) is 18.4 Å². The standard InChI is InChI=1S/C10H12BrN5O4/c11-10-14-4-7(12)13-2-16(8(4)15-10)9-6(19)5(18)3(1-17)20-9/h2-3,5-6,9,17-19H,1H2,(H2,12,14,15)/p+1/t3-,5+,6-,9+/m0/s1. The van der Waals surface area contributed by atoms with Gasteiger partial charge in [-0.1, -0.05) is 9.97 Å². The van der Waals surface area contributed by atoms with Crippen molar-refractivity contribution < 1.29 is 24.6 Å². The molecule has 10 heteroatoms. The molecule has 20 heavy (non-hydrogen) atoms. The Kier molecular flexibility index (Phi) is 3.34. The summed E-state index contributed by atoms with van der Waals surface area (Å²) in [7, 11) is 0. The van der Waals surface area contributed by atoms with Crippen molar-refractivity contribution in [3.05, 3.63) is 11.1 Å². The average molecular weight is 347 g/mol. The molecule has 0 spiro atoms. The summed E-state index contributed by atoms with van der Waals surface area (Å²) in [5.74, 6) is 0.251. The minimum absolute atomic E-state index is 0.251. The van der Waals surface area contributed by atoms with E-state index in [1.807, 2.05) is 0 Å². The first kappa shape index (κ1) is 13.6. The van der Waals surface area contributed by atoms with E-state index in [1.165, 1.54) is 10.9 Å². The fraction of sp³-hybridized carbons (Fsp3) is 0.500. The predicted molar refractivity (Wildman–Crippen MR) is 69.2 cm³/mol. The van der Waals surface area contributed by atoms with Crippen molar-refractivity contribution in [2.45, 2.75) is 24.5 Å². The summed E-state index contributed by atoms with van der Waals surface area (Å²) in [6.45, 7) is -0.398. The molecule has 1 aliphatic heterocycles. The smallest absolute Gasteiger partial charge is 0.297 e. The number of hydrogen-bond acceptors (Lipinski definition) is 7. The van der Waals surface area contributed by atoms with Gasteiger partial charge in [0, 0.05) is 15.9 Å². The lowest BCUT2D eigenvalue weighted by Gasteiger charge is -2.13. The molecule has 2 aromatic heterocycles. The zero-order valence-corrected chi connectivity index (χ0v) is 11.7. The van der Waals surface area contributed by atoms with Crippen LogP contribution in [0.2, 0.25) is 0 Å². The van der Waals surface area contributed by atoms with Crippen LogP contribution in [0.4, 0.5) is 5.82 Å². The molecule has 3 rings (SSSR count). The maximum atomic E-state index is 10.0. The first-order valence-electron chi connectivity index (χ1n) is 5.86. The number of H-pyrrole nitrogens is 1. The van der Waals surface area contributed by atoms with Gasteiger partial charge in [0.1, 0.15) is 18.3 Å². The van der Waals surface area contributed by atoms with E-state index in [-0.39, 0.29) is 5.82 Å². The Morgan fingerprint density at radius 1 is 1.45 bits per heavy atom. The van der Waals surface area contributed by atoms with Gasteiger partial charge in [0.25, 0.3) is 10.4 Å². The van der Waals surface area contributed by atoms with Crippen LogP contribution in [0.15, 0.2) is 11.1 Å². The van der Waals surface area contributed by atoms with Crippen molar-refractivity contribution >= 4 is 32.9 Å². The quantitative estimate of drug-likeness (QED) is 0.319. The molecule has 9 nitrogen and oxygen atoms in total. The molecule has 0 bridgehead atoms. The van der Waals surface area contributed by atoms with Gasteiger partial charge < -0.3 is 30.8 Å². The molecule has 0 radical (unpaired) electrons. The number of aromatic amines is 1. The zero-order valence-electron chi connectivity index (χ0n) is 10.1. The number of halogens is 1. The number of fused-ring (bicyclic) bond motifs is 1. The maximum absolute atomic E-state index is 10.0. The highest BCUT2D eigenvalue weighted by Gasteiger charge is 2.46. The monoisotopic (exact) mass is 346 g/mol. The third-order valence-electron chi connectivity index (χ3n) is 3.27. The average Bonchev–Trinajstić information content (AvgIpc) is 2.94. The third kappa shape index (κ3) is 1.96. The van der Waals surface area contributed by atoms with E-state index in [2.05, 4.69) is 30.9 Å². The number of rotatable bonds is 2. The second-order valence-corrected chi connectivity index (χ2v) is 5.24. The van der Waals surface area contributed by atoms with Gasteiger partial charge in [-0.15, -0.1) is 0 Å². The Morgan fingerprint density at radius 2 is 2.20 bits per heavy atom. The molecule has 0 aliphatic carbocycles. The molecule has 1 fully saturated rings. The van der Waals surface area contributed by atoms with Crippen molar-refractivity contribution in [2.24, 2.45) is 0 Å². The molecule has 1 aliphatic rings. The van der Waals surface area contributed by atoms with Crippen LogP contribution < -0.4 is 10.3 Å². The number of ether oxygens (including phenoxy) is 1. The largest absolute Gasteiger partial charge is 0.394 e. The van der Waals surface area contributed by atoms with Crippen molar-refractivity contribution in [1.29, 1.82) is 0 Å².